The lowest BCUT2D eigenvalue weighted by atomic mass is 9.85. The van der Waals surface area contributed by atoms with Gasteiger partial charge >= 0.3 is 0 Å². The predicted octanol–water partition coefficient (Wildman–Crippen LogP) is 11.1. The highest BCUT2D eigenvalue weighted by atomic mass is 16.5. The molecule has 0 amide bonds. The lowest BCUT2D eigenvalue weighted by Gasteiger charge is -2.38. The molecule has 0 fully saturated rings. The van der Waals surface area contributed by atoms with Gasteiger partial charge in [-0.1, -0.05) is 41.0 Å². The van der Waals surface area contributed by atoms with Gasteiger partial charge in [-0.15, -0.1) is 0 Å². The van der Waals surface area contributed by atoms with Crippen LogP contribution in [0, 0.1) is 20.8 Å². The minimum atomic E-state index is -0.613. The minimum Gasteiger partial charge on any atom is -0.508 e. The first-order chi connectivity index (χ1) is 25.0. The van der Waals surface area contributed by atoms with Gasteiger partial charge in [-0.05, 0) is 141 Å². The molecule has 0 bridgehead atoms. The highest BCUT2D eigenvalue weighted by Crippen LogP contribution is 2.45. The predicted molar refractivity (Wildman–Crippen MR) is 211 cm³/mol. The van der Waals surface area contributed by atoms with Crippen molar-refractivity contribution in [1.29, 1.82) is 0 Å². The number of carbonyl (C=O) groups is 1. The summed E-state index contributed by atoms with van der Waals surface area (Å²) >= 11 is 0. The Labute approximate surface area is 315 Å². The average molecular weight is 727 g/mol. The number of phenolic OH excluding ortho intramolecular Hbond substituents is 4. The first-order valence-corrected chi connectivity index (χ1v) is 18.6. The lowest BCUT2D eigenvalue weighted by Crippen LogP contribution is -2.37. The van der Waals surface area contributed by atoms with Crippen LogP contribution in [0.4, 0.5) is 0 Å². The average Bonchev–Trinajstić information content (AvgIpc) is 3.09. The number of fused-ring (bicyclic) bond motifs is 2. The number of carbonyl (C=O) groups excluding carboxylic acids is 1. The molecule has 0 aliphatic carbocycles. The smallest absolute Gasteiger partial charge is 0.174 e. The van der Waals surface area contributed by atoms with E-state index in [9.17, 15) is 25.2 Å². The van der Waals surface area contributed by atoms with Crippen molar-refractivity contribution < 1.29 is 39.4 Å². The Morgan fingerprint density at radius 3 is 2.17 bits per heavy atom. The van der Waals surface area contributed by atoms with Crippen LogP contribution in [-0.2, 0) is 6.42 Å². The van der Waals surface area contributed by atoms with Crippen molar-refractivity contribution in [2.24, 2.45) is 0 Å². The van der Waals surface area contributed by atoms with Gasteiger partial charge in [-0.3, -0.25) is 4.79 Å². The Morgan fingerprint density at radius 1 is 0.868 bits per heavy atom. The maximum absolute atomic E-state index is 12.2. The molecule has 0 saturated heterocycles. The molecule has 2 aliphatic rings. The zero-order chi connectivity index (χ0) is 39.0. The molecule has 5 rings (SSSR count). The number of methoxy groups -OCH3 is 1. The molecule has 3 aromatic rings. The molecule has 0 radical (unpaired) electrons. The second-order valence-electron chi connectivity index (χ2n) is 15.1. The van der Waals surface area contributed by atoms with Gasteiger partial charge in [0, 0.05) is 17.7 Å². The van der Waals surface area contributed by atoms with E-state index in [0.717, 1.165) is 73.5 Å². The van der Waals surface area contributed by atoms with Crippen LogP contribution >= 0.6 is 0 Å². The van der Waals surface area contributed by atoms with E-state index in [-0.39, 0.29) is 46.4 Å². The highest BCUT2D eigenvalue weighted by Gasteiger charge is 2.34. The summed E-state index contributed by atoms with van der Waals surface area (Å²) in [5.74, 6) is 1.04. The summed E-state index contributed by atoms with van der Waals surface area (Å²) in [5, 5.41) is 39.5. The maximum Gasteiger partial charge on any atom is 0.174 e. The van der Waals surface area contributed by atoms with Crippen molar-refractivity contribution in [2.45, 2.75) is 125 Å². The van der Waals surface area contributed by atoms with E-state index in [4.69, 9.17) is 14.2 Å². The largest absolute Gasteiger partial charge is 0.508 e. The summed E-state index contributed by atoms with van der Waals surface area (Å²) in [4.78, 5) is 12.2. The summed E-state index contributed by atoms with van der Waals surface area (Å²) in [6.45, 7) is 17.1. The number of ether oxygens (including phenoxy) is 3. The number of rotatable bonds is 11. The highest BCUT2D eigenvalue weighted by molar-refractivity contribution is 6.02. The maximum atomic E-state index is 12.2. The fraction of sp³-hybridized carbons (Fsp3) is 0.444. The Balaban J connectivity index is 0.000000250. The number of benzene rings is 3. The van der Waals surface area contributed by atoms with Crippen LogP contribution in [0.15, 0.2) is 65.3 Å². The molecular weight excluding hydrogens is 668 g/mol. The zero-order valence-corrected chi connectivity index (χ0v) is 33.0. The van der Waals surface area contributed by atoms with E-state index in [2.05, 4.69) is 59.8 Å². The number of phenols is 4. The van der Waals surface area contributed by atoms with Gasteiger partial charge in [0.05, 0.1) is 13.5 Å². The van der Waals surface area contributed by atoms with Crippen molar-refractivity contribution in [1.82, 2.24) is 0 Å². The van der Waals surface area contributed by atoms with Crippen LogP contribution in [0.25, 0.3) is 0 Å². The molecule has 2 aliphatic heterocycles. The van der Waals surface area contributed by atoms with Gasteiger partial charge in [0.2, 0.25) is 0 Å². The number of allylic oxidation sites excluding steroid dienone is 6. The summed E-state index contributed by atoms with van der Waals surface area (Å²) in [7, 11) is 1.44. The van der Waals surface area contributed by atoms with Gasteiger partial charge in [0.25, 0.3) is 0 Å². The topological polar surface area (TPSA) is 126 Å². The van der Waals surface area contributed by atoms with Gasteiger partial charge in [-0.2, -0.15) is 0 Å². The van der Waals surface area contributed by atoms with Gasteiger partial charge in [0.15, 0.2) is 17.3 Å². The summed E-state index contributed by atoms with van der Waals surface area (Å²) in [5.41, 5.74) is 9.11. The molecule has 0 spiro atoms. The molecule has 53 heavy (non-hydrogen) atoms. The van der Waals surface area contributed by atoms with E-state index < -0.39 is 6.10 Å². The van der Waals surface area contributed by atoms with Crippen LogP contribution in [0.5, 0.6) is 40.2 Å². The Morgan fingerprint density at radius 2 is 1.53 bits per heavy atom. The number of hydrogen-bond acceptors (Lipinski definition) is 8. The first kappa shape index (κ1) is 40.9. The molecule has 3 aromatic carbocycles. The van der Waals surface area contributed by atoms with E-state index >= 15 is 0 Å². The van der Waals surface area contributed by atoms with E-state index in [0.29, 0.717) is 17.1 Å². The van der Waals surface area contributed by atoms with Crippen LogP contribution in [-0.4, -0.2) is 38.9 Å². The monoisotopic (exact) mass is 726 g/mol. The number of Topliss-reactive ketones (excluding diaryl/α,β-unsaturated/α-hetero) is 1. The summed E-state index contributed by atoms with van der Waals surface area (Å²) in [6.07, 6.45) is 15.2. The van der Waals surface area contributed by atoms with E-state index in [1.807, 2.05) is 13.8 Å². The van der Waals surface area contributed by atoms with Crippen LogP contribution < -0.4 is 14.2 Å². The molecule has 0 aromatic heterocycles. The van der Waals surface area contributed by atoms with Crippen LogP contribution in [0.2, 0.25) is 0 Å². The zero-order valence-electron chi connectivity index (χ0n) is 33.0. The van der Waals surface area contributed by atoms with Crippen molar-refractivity contribution >= 4 is 5.78 Å². The molecule has 2 heterocycles. The van der Waals surface area contributed by atoms with Crippen molar-refractivity contribution in [3.05, 3.63) is 98.7 Å². The SMILES string of the molecule is CC(C)=CCC/C(C)=C/CC/C(C)=C/CCC1(C)CCc2c(C)c(O)c(C)c(C)c2O1.COc1ccc([C@@H]2CC(=O)c3c(O)cc(O)cc3O2)cc1O. The second kappa shape index (κ2) is 17.8. The number of hydrogen-bond donors (Lipinski definition) is 4. The van der Waals surface area contributed by atoms with Gasteiger partial charge < -0.3 is 34.6 Å². The minimum absolute atomic E-state index is 0.0249. The molecule has 1 unspecified atom stereocenters. The Kier molecular flexibility index (Phi) is 13.7. The molecular formula is C45H58O8. The summed E-state index contributed by atoms with van der Waals surface area (Å²) < 4.78 is 17.2. The van der Waals surface area contributed by atoms with E-state index in [1.165, 1.54) is 47.9 Å². The van der Waals surface area contributed by atoms with Crippen molar-refractivity contribution in [3.63, 3.8) is 0 Å². The number of ketones is 1. The van der Waals surface area contributed by atoms with Crippen molar-refractivity contribution in [2.75, 3.05) is 7.11 Å². The third kappa shape index (κ3) is 10.4. The molecule has 8 heteroatoms. The molecule has 2 atom stereocenters. The fourth-order valence-electron chi connectivity index (χ4n) is 6.95. The van der Waals surface area contributed by atoms with Crippen LogP contribution in [0.1, 0.15) is 130 Å². The summed E-state index contributed by atoms with van der Waals surface area (Å²) in [6, 6.07) is 7.10. The Hall–Kier alpha value is -4.85. The van der Waals surface area contributed by atoms with E-state index in [1.54, 1.807) is 12.1 Å². The van der Waals surface area contributed by atoms with Gasteiger partial charge in [-0.25, -0.2) is 0 Å². The third-order valence-electron chi connectivity index (χ3n) is 10.4. The normalized spacial score (nSPS) is 18.1. The van der Waals surface area contributed by atoms with Crippen molar-refractivity contribution in [3.8, 4) is 40.2 Å². The molecule has 8 nitrogen and oxygen atoms in total. The standard InChI is InChI=1S/C29H44O2.C16H14O6/c1-20(2)12-9-13-21(3)14-10-15-22(4)16-11-18-29(8)19-17-26-25(7)27(30)23(5)24(6)28(26)31-29;1-21-13-3-2-8(4-10(13)18)14-7-12(20)16-11(19)5-9(17)6-15(16)22-14/h12,14,16,30H,9-11,13,15,17-19H2,1-8H3;2-6,14,17-19H,7H2,1H3/b21-14+,22-16+;/t;14-/m.0/s1. The molecule has 0 saturated carbocycles. The second-order valence-corrected chi connectivity index (χ2v) is 15.1. The van der Waals surface area contributed by atoms with Gasteiger partial charge in [0.1, 0.15) is 46.0 Å². The molecule has 286 valence electrons. The number of aromatic hydroxyl groups is 4. The Bertz CT molecular complexity index is 1890. The third-order valence-corrected chi connectivity index (χ3v) is 10.4. The molecule has 4 N–H and O–H groups in total. The van der Waals surface area contributed by atoms with Crippen LogP contribution in [0.3, 0.4) is 0 Å². The first-order valence-electron chi connectivity index (χ1n) is 18.6. The fourth-order valence-corrected chi connectivity index (χ4v) is 6.95. The quantitative estimate of drug-likeness (QED) is 0.144. The lowest BCUT2D eigenvalue weighted by molar-refractivity contribution is 0.0558.